The van der Waals surface area contributed by atoms with Gasteiger partial charge in [-0.3, -0.25) is 14.9 Å². The molecule has 170 valence electrons. The lowest BCUT2D eigenvalue weighted by atomic mass is 10.00. The Kier molecular flexibility index (Phi) is 5.51. The van der Waals surface area contributed by atoms with Crippen LogP contribution in [0.3, 0.4) is 0 Å². The molecular formula is C23H21FN4O5. The standard InChI is InChI=1S/C23H21FN4O5/c24-17-4-1-15(2-5-17)22-18-7-8-27(14-19(18)25-33-22)23(29)16-3-6-20(21(13-16)28(30)31)26-9-11-32-12-10-26/h1-6,13H,7-12,14H2. The Balaban J connectivity index is 1.37. The van der Waals surface area contributed by atoms with Gasteiger partial charge in [-0.05, 0) is 42.8 Å². The summed E-state index contributed by atoms with van der Waals surface area (Å²) in [4.78, 5) is 27.9. The smallest absolute Gasteiger partial charge is 0.293 e. The van der Waals surface area contributed by atoms with Crippen LogP contribution in [0.2, 0.25) is 0 Å². The van der Waals surface area contributed by atoms with Crippen LogP contribution in [0.5, 0.6) is 0 Å². The summed E-state index contributed by atoms with van der Waals surface area (Å²) in [7, 11) is 0. The largest absolute Gasteiger partial charge is 0.378 e. The summed E-state index contributed by atoms with van der Waals surface area (Å²) in [5, 5.41) is 15.8. The number of hydrogen-bond acceptors (Lipinski definition) is 7. The number of benzene rings is 2. The highest BCUT2D eigenvalue weighted by Crippen LogP contribution is 2.33. The zero-order valence-electron chi connectivity index (χ0n) is 17.7. The van der Waals surface area contributed by atoms with Crippen LogP contribution in [0.1, 0.15) is 21.6 Å². The maximum absolute atomic E-state index is 13.2. The molecule has 2 aromatic carbocycles. The molecule has 0 bridgehead atoms. The molecular weight excluding hydrogens is 431 g/mol. The second-order valence-electron chi connectivity index (χ2n) is 7.98. The van der Waals surface area contributed by atoms with E-state index in [-0.39, 0.29) is 29.5 Å². The summed E-state index contributed by atoms with van der Waals surface area (Å²) in [5.41, 5.74) is 2.89. The van der Waals surface area contributed by atoms with E-state index in [9.17, 15) is 19.3 Å². The van der Waals surface area contributed by atoms with Crippen LogP contribution < -0.4 is 4.90 Å². The highest BCUT2D eigenvalue weighted by molar-refractivity contribution is 5.96. The minimum atomic E-state index is -0.456. The predicted molar refractivity (Wildman–Crippen MR) is 116 cm³/mol. The van der Waals surface area contributed by atoms with Gasteiger partial charge in [-0.2, -0.15) is 0 Å². The number of halogens is 1. The molecule has 1 amide bonds. The molecule has 1 saturated heterocycles. The molecule has 2 aliphatic heterocycles. The van der Waals surface area contributed by atoms with Gasteiger partial charge in [0.2, 0.25) is 0 Å². The van der Waals surface area contributed by atoms with Crippen molar-refractivity contribution >= 4 is 17.3 Å². The quantitative estimate of drug-likeness (QED) is 0.441. The number of hydrogen-bond donors (Lipinski definition) is 0. The lowest BCUT2D eigenvalue weighted by Gasteiger charge is -2.29. The van der Waals surface area contributed by atoms with E-state index in [1.807, 2.05) is 4.90 Å². The molecule has 9 nitrogen and oxygen atoms in total. The van der Waals surface area contributed by atoms with E-state index < -0.39 is 4.92 Å². The minimum Gasteiger partial charge on any atom is -0.378 e. The molecule has 33 heavy (non-hydrogen) atoms. The first-order chi connectivity index (χ1) is 16.0. The highest BCUT2D eigenvalue weighted by atomic mass is 19.1. The van der Waals surface area contributed by atoms with Gasteiger partial charge in [0.05, 0.1) is 24.7 Å². The number of carbonyl (C=O) groups excluding carboxylic acids is 1. The van der Waals surface area contributed by atoms with E-state index in [1.54, 1.807) is 29.2 Å². The van der Waals surface area contributed by atoms with E-state index in [0.29, 0.717) is 56.4 Å². The van der Waals surface area contributed by atoms with Gasteiger partial charge in [0.25, 0.3) is 11.6 Å². The summed E-state index contributed by atoms with van der Waals surface area (Å²) in [6, 6.07) is 10.6. The van der Waals surface area contributed by atoms with Crippen molar-refractivity contribution in [2.45, 2.75) is 13.0 Å². The number of fused-ring (bicyclic) bond motifs is 1. The molecule has 10 heteroatoms. The normalized spacial score (nSPS) is 15.9. The third-order valence-corrected chi connectivity index (χ3v) is 6.01. The number of morpholine rings is 1. The van der Waals surface area contributed by atoms with Crippen molar-refractivity contribution in [3.05, 3.63) is 75.2 Å². The van der Waals surface area contributed by atoms with Crippen molar-refractivity contribution in [1.82, 2.24) is 10.1 Å². The molecule has 0 radical (unpaired) electrons. The van der Waals surface area contributed by atoms with Gasteiger partial charge >= 0.3 is 0 Å². The second-order valence-corrected chi connectivity index (χ2v) is 7.98. The summed E-state index contributed by atoms with van der Waals surface area (Å²) in [6.07, 6.45) is 0.519. The van der Waals surface area contributed by atoms with Gasteiger partial charge in [-0.1, -0.05) is 5.16 Å². The Morgan fingerprint density at radius 3 is 2.58 bits per heavy atom. The van der Waals surface area contributed by atoms with Crippen molar-refractivity contribution in [3.63, 3.8) is 0 Å². The maximum Gasteiger partial charge on any atom is 0.293 e. The number of ether oxygens (including phenoxy) is 1. The summed E-state index contributed by atoms with van der Waals surface area (Å²) in [5.74, 6) is -0.0659. The molecule has 0 saturated carbocycles. The van der Waals surface area contributed by atoms with Crippen molar-refractivity contribution in [3.8, 4) is 11.3 Å². The SMILES string of the molecule is O=C(c1ccc(N2CCOCC2)c([N+](=O)[O-])c1)N1CCc2c(noc2-c2ccc(F)cc2)C1. The molecule has 1 fully saturated rings. The van der Waals surface area contributed by atoms with E-state index in [1.165, 1.54) is 18.2 Å². The fourth-order valence-corrected chi connectivity index (χ4v) is 4.29. The Bertz CT molecular complexity index is 1200. The van der Waals surface area contributed by atoms with Crippen molar-refractivity contribution in [1.29, 1.82) is 0 Å². The lowest BCUT2D eigenvalue weighted by molar-refractivity contribution is -0.384. The zero-order chi connectivity index (χ0) is 22.9. The van der Waals surface area contributed by atoms with Crippen LogP contribution in [-0.4, -0.2) is 53.7 Å². The van der Waals surface area contributed by atoms with E-state index in [2.05, 4.69) is 5.16 Å². The fourth-order valence-electron chi connectivity index (χ4n) is 4.29. The van der Waals surface area contributed by atoms with Gasteiger partial charge in [0.15, 0.2) is 5.76 Å². The van der Waals surface area contributed by atoms with E-state index in [0.717, 1.165) is 11.1 Å². The van der Waals surface area contributed by atoms with Gasteiger partial charge in [-0.15, -0.1) is 0 Å². The molecule has 0 N–H and O–H groups in total. The first kappa shape index (κ1) is 21.1. The van der Waals surface area contributed by atoms with E-state index in [4.69, 9.17) is 9.26 Å². The number of amides is 1. The van der Waals surface area contributed by atoms with Gasteiger partial charge < -0.3 is 19.1 Å². The fraction of sp³-hybridized carbons (Fsp3) is 0.304. The number of anilines is 1. The van der Waals surface area contributed by atoms with E-state index >= 15 is 0 Å². The number of aromatic nitrogens is 1. The zero-order valence-corrected chi connectivity index (χ0v) is 17.7. The maximum atomic E-state index is 13.2. The van der Waals surface area contributed by atoms with Crippen molar-refractivity contribution in [2.75, 3.05) is 37.7 Å². The van der Waals surface area contributed by atoms with Gasteiger partial charge in [0.1, 0.15) is 17.2 Å². The number of nitro benzene ring substituents is 1. The summed E-state index contributed by atoms with van der Waals surface area (Å²) in [6.45, 7) is 2.78. The van der Waals surface area contributed by atoms with Crippen LogP contribution in [0.15, 0.2) is 47.0 Å². The molecule has 0 atom stereocenters. The van der Waals surface area contributed by atoms with Crippen LogP contribution in [0.4, 0.5) is 15.8 Å². The number of nitrogens with zero attached hydrogens (tertiary/aromatic N) is 4. The van der Waals surface area contributed by atoms with Crippen LogP contribution in [-0.2, 0) is 17.7 Å². The van der Waals surface area contributed by atoms with Crippen LogP contribution in [0.25, 0.3) is 11.3 Å². The minimum absolute atomic E-state index is 0.0968. The predicted octanol–water partition coefficient (Wildman–Crippen LogP) is 3.42. The molecule has 5 rings (SSSR count). The molecule has 0 unspecified atom stereocenters. The summed E-state index contributed by atoms with van der Waals surface area (Å²) >= 11 is 0. The molecule has 3 aromatic rings. The third-order valence-electron chi connectivity index (χ3n) is 6.01. The Labute approximate surface area is 188 Å². The number of carbonyl (C=O) groups is 1. The molecule has 0 aliphatic carbocycles. The Morgan fingerprint density at radius 2 is 1.85 bits per heavy atom. The molecule has 3 heterocycles. The van der Waals surface area contributed by atoms with Crippen LogP contribution in [0, 0.1) is 15.9 Å². The molecule has 2 aliphatic rings. The lowest BCUT2D eigenvalue weighted by Crippen LogP contribution is -2.37. The number of rotatable bonds is 4. The monoisotopic (exact) mass is 452 g/mol. The third kappa shape index (κ3) is 4.05. The van der Waals surface area contributed by atoms with Crippen LogP contribution >= 0.6 is 0 Å². The first-order valence-corrected chi connectivity index (χ1v) is 10.6. The average Bonchev–Trinajstić information content (AvgIpc) is 3.27. The van der Waals surface area contributed by atoms with Gasteiger partial charge in [-0.25, -0.2) is 4.39 Å². The molecule has 0 spiro atoms. The molecule has 1 aromatic heterocycles. The Hall–Kier alpha value is -3.79. The van der Waals surface area contributed by atoms with Gasteiger partial charge in [0, 0.05) is 42.4 Å². The Morgan fingerprint density at radius 1 is 1.09 bits per heavy atom. The number of nitro groups is 1. The first-order valence-electron chi connectivity index (χ1n) is 10.6. The van der Waals surface area contributed by atoms with Crippen molar-refractivity contribution < 1.29 is 23.4 Å². The summed E-state index contributed by atoms with van der Waals surface area (Å²) < 4.78 is 24.1. The highest BCUT2D eigenvalue weighted by Gasteiger charge is 2.30. The average molecular weight is 452 g/mol. The van der Waals surface area contributed by atoms with Crippen molar-refractivity contribution in [2.24, 2.45) is 0 Å². The topological polar surface area (TPSA) is 102 Å². The second kappa shape index (κ2) is 8.62.